The van der Waals surface area contributed by atoms with Crippen LogP contribution >= 0.6 is 0 Å². The Bertz CT molecular complexity index is 1590. The second-order valence-electron chi connectivity index (χ2n) is 10.7. The van der Waals surface area contributed by atoms with Crippen LogP contribution in [0.4, 0.5) is 21.7 Å². The van der Waals surface area contributed by atoms with Gasteiger partial charge in [-0.1, -0.05) is 36.6 Å². The van der Waals surface area contributed by atoms with Crippen molar-refractivity contribution < 1.29 is 4.39 Å². The van der Waals surface area contributed by atoms with E-state index in [1.54, 1.807) is 24.8 Å². The highest BCUT2D eigenvalue weighted by atomic mass is 19.1. The highest BCUT2D eigenvalue weighted by molar-refractivity contribution is 5.76. The molecule has 0 spiro atoms. The predicted molar refractivity (Wildman–Crippen MR) is 167 cm³/mol. The number of anilines is 3. The van der Waals surface area contributed by atoms with Crippen molar-refractivity contribution in [3.05, 3.63) is 101 Å². The number of piperazine rings is 1. The van der Waals surface area contributed by atoms with Crippen molar-refractivity contribution >= 4 is 23.0 Å². The molecule has 3 heterocycles. The maximum absolute atomic E-state index is 12.5. The smallest absolute Gasteiger partial charge is 0.227 e. The highest BCUT2D eigenvalue weighted by Crippen LogP contribution is 2.23. The van der Waals surface area contributed by atoms with Gasteiger partial charge in [-0.2, -0.15) is 5.10 Å². The Labute approximate surface area is 247 Å². The van der Waals surface area contributed by atoms with E-state index in [9.17, 15) is 4.39 Å². The largest absolute Gasteiger partial charge is 0.356 e. The van der Waals surface area contributed by atoms with Gasteiger partial charge in [0.15, 0.2) is 0 Å². The first-order valence-corrected chi connectivity index (χ1v) is 14.1. The van der Waals surface area contributed by atoms with Gasteiger partial charge in [0.05, 0.1) is 24.0 Å². The molecule has 1 aliphatic rings. The topological polar surface area (TPSA) is 74.1 Å². The van der Waals surface area contributed by atoms with E-state index in [1.165, 1.54) is 15.8 Å². The summed E-state index contributed by atoms with van der Waals surface area (Å²) in [5.41, 5.74) is 8.84. The molecule has 8 nitrogen and oxygen atoms in total. The van der Waals surface area contributed by atoms with E-state index in [0.717, 1.165) is 60.8 Å². The van der Waals surface area contributed by atoms with E-state index in [-0.39, 0.29) is 6.54 Å². The van der Waals surface area contributed by atoms with Crippen LogP contribution in [0.15, 0.2) is 67.8 Å². The molecule has 2 aromatic carbocycles. The Morgan fingerprint density at radius 2 is 1.74 bits per heavy atom. The maximum Gasteiger partial charge on any atom is 0.227 e. The lowest BCUT2D eigenvalue weighted by molar-refractivity contribution is 0.148. The zero-order valence-corrected chi connectivity index (χ0v) is 24.5. The van der Waals surface area contributed by atoms with Gasteiger partial charge in [-0.15, -0.1) is 0 Å². The third-order valence-electron chi connectivity index (χ3n) is 7.41. The number of aromatic nitrogens is 4. The van der Waals surface area contributed by atoms with Gasteiger partial charge in [-0.05, 0) is 61.3 Å². The SMILES string of the molecule is C=C(Nc1ccc(CN2CCN(C)CC2)c(C)c1)c1ccc(C)c(C#Cc2cnc(Nc3cnn(CCF)c3)nc2)c1. The van der Waals surface area contributed by atoms with Crippen LogP contribution in [0.25, 0.3) is 5.70 Å². The number of likely N-dealkylation sites (N-methyl/N-ethyl adjacent to an activating group) is 1. The summed E-state index contributed by atoms with van der Waals surface area (Å²) in [6, 6.07) is 12.7. The number of rotatable bonds is 9. The Hall–Kier alpha value is -4.52. The Balaban J connectivity index is 1.21. The third-order valence-corrected chi connectivity index (χ3v) is 7.41. The fourth-order valence-corrected chi connectivity index (χ4v) is 4.75. The normalized spacial score (nSPS) is 13.8. The minimum atomic E-state index is -0.469. The standard InChI is InChI=1S/C33H37FN8/c1-24-5-7-29(26(3)38-31-10-9-30(25(2)17-31)22-41-15-13-40(4)14-16-41)18-28(24)8-6-27-19-35-33(36-20-27)39-32-21-37-42(23-32)12-11-34/h5,7,9-10,17-21,23,38H,3,11-16,22H2,1-2,4H3,(H,35,36,39). The lowest BCUT2D eigenvalue weighted by atomic mass is 10.0. The van der Waals surface area contributed by atoms with Crippen LogP contribution in [0.2, 0.25) is 0 Å². The van der Waals surface area contributed by atoms with Crippen LogP contribution in [0.1, 0.15) is 33.4 Å². The van der Waals surface area contributed by atoms with Gasteiger partial charge in [0, 0.05) is 68.3 Å². The predicted octanol–water partition coefficient (Wildman–Crippen LogP) is 5.23. The van der Waals surface area contributed by atoms with Crippen molar-refractivity contribution in [2.24, 2.45) is 0 Å². The fourth-order valence-electron chi connectivity index (χ4n) is 4.75. The molecule has 9 heteroatoms. The van der Waals surface area contributed by atoms with E-state index < -0.39 is 6.67 Å². The maximum atomic E-state index is 12.5. The van der Waals surface area contributed by atoms with E-state index in [4.69, 9.17) is 0 Å². The third kappa shape index (κ3) is 7.60. The Morgan fingerprint density at radius 1 is 0.952 bits per heavy atom. The first-order chi connectivity index (χ1) is 20.4. The van der Waals surface area contributed by atoms with Gasteiger partial charge in [0.25, 0.3) is 0 Å². The minimum absolute atomic E-state index is 0.214. The minimum Gasteiger partial charge on any atom is -0.356 e. The number of halogens is 1. The fraction of sp³-hybridized carbons (Fsp3) is 0.303. The van der Waals surface area contributed by atoms with Gasteiger partial charge in [-0.25, -0.2) is 14.4 Å². The second kappa shape index (κ2) is 13.4. The molecule has 5 rings (SSSR count). The van der Waals surface area contributed by atoms with Crippen LogP contribution in [0.5, 0.6) is 0 Å². The number of hydrogen-bond donors (Lipinski definition) is 2. The van der Waals surface area contributed by atoms with Crippen LogP contribution in [-0.4, -0.2) is 69.4 Å². The lowest BCUT2D eigenvalue weighted by Gasteiger charge is -2.32. The van der Waals surface area contributed by atoms with Crippen molar-refractivity contribution in [3.63, 3.8) is 0 Å². The Morgan fingerprint density at radius 3 is 2.48 bits per heavy atom. The number of hydrogen-bond acceptors (Lipinski definition) is 7. The van der Waals surface area contributed by atoms with Crippen molar-refractivity contribution in [3.8, 4) is 11.8 Å². The molecular weight excluding hydrogens is 527 g/mol. The molecule has 1 saturated heterocycles. The molecular formula is C33H37FN8. The van der Waals surface area contributed by atoms with Gasteiger partial charge in [0.2, 0.25) is 5.95 Å². The van der Waals surface area contributed by atoms with Crippen molar-refractivity contribution in [1.29, 1.82) is 0 Å². The van der Waals surface area contributed by atoms with Crippen LogP contribution in [0.3, 0.4) is 0 Å². The molecule has 0 radical (unpaired) electrons. The van der Waals surface area contributed by atoms with Gasteiger partial charge >= 0.3 is 0 Å². The Kier molecular flexibility index (Phi) is 9.27. The number of nitrogens with one attached hydrogen (secondary N) is 2. The van der Waals surface area contributed by atoms with Crippen molar-refractivity contribution in [2.45, 2.75) is 26.9 Å². The summed E-state index contributed by atoms with van der Waals surface area (Å²) in [6.45, 7) is 13.7. The molecule has 4 aromatic rings. The molecule has 1 fully saturated rings. The second-order valence-corrected chi connectivity index (χ2v) is 10.7. The summed E-state index contributed by atoms with van der Waals surface area (Å²) < 4.78 is 14.0. The zero-order valence-electron chi connectivity index (χ0n) is 24.5. The summed E-state index contributed by atoms with van der Waals surface area (Å²) in [6.07, 6.45) is 6.66. The number of nitrogens with zero attached hydrogens (tertiary/aromatic N) is 6. The summed E-state index contributed by atoms with van der Waals surface area (Å²) in [5, 5.41) is 10.6. The van der Waals surface area contributed by atoms with E-state index in [0.29, 0.717) is 17.2 Å². The lowest BCUT2D eigenvalue weighted by Crippen LogP contribution is -2.43. The molecule has 0 bridgehead atoms. The van der Waals surface area contributed by atoms with Crippen LogP contribution in [0, 0.1) is 25.7 Å². The number of benzene rings is 2. The van der Waals surface area contributed by atoms with E-state index in [2.05, 4.69) is 104 Å². The van der Waals surface area contributed by atoms with Gasteiger partial charge in [-0.3, -0.25) is 9.58 Å². The van der Waals surface area contributed by atoms with Crippen molar-refractivity contribution in [1.82, 2.24) is 29.5 Å². The first kappa shape index (κ1) is 29.0. The van der Waals surface area contributed by atoms with Crippen LogP contribution in [-0.2, 0) is 13.1 Å². The molecule has 2 aromatic heterocycles. The number of aryl methyl sites for hydroxylation is 3. The summed E-state index contributed by atoms with van der Waals surface area (Å²) in [4.78, 5) is 13.6. The molecule has 42 heavy (non-hydrogen) atoms. The van der Waals surface area contributed by atoms with E-state index >= 15 is 0 Å². The van der Waals surface area contributed by atoms with E-state index in [1.807, 2.05) is 6.92 Å². The average Bonchev–Trinajstić information content (AvgIpc) is 3.42. The number of alkyl halides is 1. The molecule has 216 valence electrons. The molecule has 0 aliphatic carbocycles. The van der Waals surface area contributed by atoms with Crippen molar-refractivity contribution in [2.75, 3.05) is 50.5 Å². The monoisotopic (exact) mass is 564 g/mol. The quantitative estimate of drug-likeness (QED) is 0.270. The molecule has 0 unspecified atom stereocenters. The molecule has 0 atom stereocenters. The summed E-state index contributed by atoms with van der Waals surface area (Å²) in [5.74, 6) is 6.84. The summed E-state index contributed by atoms with van der Waals surface area (Å²) in [7, 11) is 2.18. The summed E-state index contributed by atoms with van der Waals surface area (Å²) >= 11 is 0. The molecule has 0 saturated carbocycles. The zero-order chi connectivity index (χ0) is 29.5. The first-order valence-electron chi connectivity index (χ1n) is 14.1. The molecule has 1 aliphatic heterocycles. The highest BCUT2D eigenvalue weighted by Gasteiger charge is 2.15. The average molecular weight is 565 g/mol. The van der Waals surface area contributed by atoms with Gasteiger partial charge < -0.3 is 15.5 Å². The molecule has 0 amide bonds. The van der Waals surface area contributed by atoms with Gasteiger partial charge in [0.1, 0.15) is 6.67 Å². The molecule has 2 N–H and O–H groups in total. The van der Waals surface area contributed by atoms with Crippen LogP contribution < -0.4 is 10.6 Å².